The zero-order valence-corrected chi connectivity index (χ0v) is 18.4. The lowest BCUT2D eigenvalue weighted by Gasteiger charge is -2.17. The molecule has 1 aliphatic rings. The maximum Gasteiger partial charge on any atom is 0.238 e. The van der Waals surface area contributed by atoms with Gasteiger partial charge in [-0.05, 0) is 56.3 Å². The number of amides is 2. The van der Waals surface area contributed by atoms with Crippen LogP contribution in [0.5, 0.6) is 0 Å². The number of hydrogen-bond donors (Lipinski definition) is 2. The van der Waals surface area contributed by atoms with Gasteiger partial charge in [0.05, 0.1) is 12.1 Å². The van der Waals surface area contributed by atoms with Gasteiger partial charge in [-0.15, -0.1) is 11.3 Å². The number of para-hydroxylation sites is 1. The van der Waals surface area contributed by atoms with Gasteiger partial charge in [-0.25, -0.2) is 0 Å². The van der Waals surface area contributed by atoms with Crippen molar-refractivity contribution in [1.82, 2.24) is 4.90 Å². The van der Waals surface area contributed by atoms with Gasteiger partial charge in [0.25, 0.3) is 0 Å². The van der Waals surface area contributed by atoms with Crippen LogP contribution in [0.1, 0.15) is 47.8 Å². The summed E-state index contributed by atoms with van der Waals surface area (Å²) in [6.07, 6.45) is 5.27. The number of hydrogen-bond acceptors (Lipinski definition) is 5. The number of nitriles is 1. The maximum atomic E-state index is 12.4. The summed E-state index contributed by atoms with van der Waals surface area (Å²) in [5.41, 5.74) is 3.68. The molecule has 3 rings (SSSR count). The largest absolute Gasteiger partial charge is 0.325 e. The van der Waals surface area contributed by atoms with Crippen molar-refractivity contribution >= 4 is 33.8 Å². The summed E-state index contributed by atoms with van der Waals surface area (Å²) in [5, 5.41) is 16.0. The fraction of sp³-hybridized carbons (Fsp3) is 0.435. The van der Waals surface area contributed by atoms with E-state index in [9.17, 15) is 14.9 Å². The Bertz CT molecular complexity index is 961. The summed E-state index contributed by atoms with van der Waals surface area (Å²) in [6, 6.07) is 10.0. The van der Waals surface area contributed by atoms with E-state index in [-0.39, 0.29) is 24.8 Å². The Hall–Kier alpha value is -2.69. The highest BCUT2D eigenvalue weighted by Gasteiger charge is 2.21. The third-order valence-corrected chi connectivity index (χ3v) is 6.55. The molecule has 0 aliphatic heterocycles. The van der Waals surface area contributed by atoms with Gasteiger partial charge < -0.3 is 10.6 Å². The first-order chi connectivity index (χ1) is 14.5. The van der Waals surface area contributed by atoms with E-state index in [4.69, 9.17) is 0 Å². The first-order valence-electron chi connectivity index (χ1n) is 10.4. The summed E-state index contributed by atoms with van der Waals surface area (Å²) in [5.74, 6) is -0.231. The topological polar surface area (TPSA) is 85.2 Å². The monoisotopic (exact) mass is 424 g/mol. The number of rotatable bonds is 8. The lowest BCUT2D eigenvalue weighted by atomic mass is 9.96. The van der Waals surface area contributed by atoms with Crippen LogP contribution in [0.25, 0.3) is 0 Å². The predicted molar refractivity (Wildman–Crippen MR) is 121 cm³/mol. The Labute approximate surface area is 181 Å². The van der Waals surface area contributed by atoms with Crippen molar-refractivity contribution in [2.45, 2.75) is 45.4 Å². The van der Waals surface area contributed by atoms with Crippen LogP contribution in [0, 0.1) is 11.3 Å². The maximum absolute atomic E-state index is 12.4. The molecule has 7 heteroatoms. The van der Waals surface area contributed by atoms with E-state index in [0.29, 0.717) is 17.1 Å². The van der Waals surface area contributed by atoms with E-state index in [0.717, 1.165) is 48.9 Å². The first-order valence-corrected chi connectivity index (χ1v) is 11.2. The average molecular weight is 425 g/mol. The number of nitrogens with zero attached hydrogens (tertiary/aromatic N) is 2. The molecule has 0 fully saturated rings. The van der Waals surface area contributed by atoms with Gasteiger partial charge in [-0.2, -0.15) is 5.26 Å². The van der Waals surface area contributed by atoms with Crippen molar-refractivity contribution in [3.05, 3.63) is 45.8 Å². The van der Waals surface area contributed by atoms with Gasteiger partial charge in [0, 0.05) is 23.5 Å². The number of carbonyl (C=O) groups is 2. The molecule has 0 saturated carbocycles. The molecular weight excluding hydrogens is 396 g/mol. The number of nitrogens with one attached hydrogen (secondary N) is 2. The number of aryl methyl sites for hydroxylation is 2. The van der Waals surface area contributed by atoms with E-state index in [1.54, 1.807) is 0 Å². The second kappa shape index (κ2) is 10.4. The zero-order chi connectivity index (χ0) is 21.5. The van der Waals surface area contributed by atoms with Crippen molar-refractivity contribution in [2.24, 2.45) is 0 Å². The molecule has 0 radical (unpaired) electrons. The molecule has 0 unspecified atom stereocenters. The Morgan fingerprint density at radius 2 is 1.93 bits per heavy atom. The standard InChI is InChI=1S/C23H28N4O2S/c1-3-16-8-4-6-10-19(16)25-22(29)15-27(2)13-12-21(28)26-23-18(14-24)17-9-5-7-11-20(17)30-23/h4,6,8,10H,3,5,7,9,11-13,15H2,1-2H3,(H,25,29)(H,26,28). The summed E-state index contributed by atoms with van der Waals surface area (Å²) in [4.78, 5) is 27.8. The number of anilines is 2. The number of benzene rings is 1. The molecule has 1 aromatic carbocycles. The minimum atomic E-state index is -0.131. The molecule has 0 bridgehead atoms. The molecule has 158 valence electrons. The fourth-order valence-corrected chi connectivity index (χ4v) is 4.97. The van der Waals surface area contributed by atoms with Gasteiger partial charge >= 0.3 is 0 Å². The quantitative estimate of drug-likeness (QED) is 0.672. The number of likely N-dealkylation sites (N-methyl/N-ethyl adjacent to an activating group) is 1. The lowest BCUT2D eigenvalue weighted by Crippen LogP contribution is -2.32. The van der Waals surface area contributed by atoms with E-state index in [1.165, 1.54) is 16.2 Å². The van der Waals surface area contributed by atoms with E-state index >= 15 is 0 Å². The van der Waals surface area contributed by atoms with Crippen molar-refractivity contribution in [3.8, 4) is 6.07 Å². The molecule has 0 saturated heterocycles. The highest BCUT2D eigenvalue weighted by atomic mass is 32.1. The Kier molecular flexibility index (Phi) is 7.61. The van der Waals surface area contributed by atoms with Crippen LogP contribution in [-0.2, 0) is 28.9 Å². The van der Waals surface area contributed by atoms with Gasteiger partial charge in [-0.1, -0.05) is 25.1 Å². The number of fused-ring (bicyclic) bond motifs is 1. The van der Waals surface area contributed by atoms with Gasteiger partial charge in [-0.3, -0.25) is 14.5 Å². The molecule has 30 heavy (non-hydrogen) atoms. The predicted octanol–water partition coefficient (Wildman–Crippen LogP) is 3.96. The molecular formula is C23H28N4O2S. The molecule has 2 N–H and O–H groups in total. The summed E-state index contributed by atoms with van der Waals surface area (Å²) in [6.45, 7) is 2.72. The summed E-state index contributed by atoms with van der Waals surface area (Å²) in [7, 11) is 1.82. The normalized spacial score (nSPS) is 12.9. The molecule has 0 spiro atoms. The highest BCUT2D eigenvalue weighted by Crippen LogP contribution is 2.37. The van der Waals surface area contributed by atoms with E-state index in [2.05, 4.69) is 23.6 Å². The second-order valence-electron chi connectivity index (χ2n) is 7.62. The van der Waals surface area contributed by atoms with Crippen LogP contribution in [0.4, 0.5) is 10.7 Å². The Balaban J connectivity index is 1.48. The smallest absolute Gasteiger partial charge is 0.238 e. The highest BCUT2D eigenvalue weighted by molar-refractivity contribution is 7.16. The fourth-order valence-electron chi connectivity index (χ4n) is 3.72. The Morgan fingerprint density at radius 3 is 2.70 bits per heavy atom. The molecule has 6 nitrogen and oxygen atoms in total. The number of thiophene rings is 1. The van der Waals surface area contributed by atoms with Gasteiger partial charge in [0.1, 0.15) is 11.1 Å². The SMILES string of the molecule is CCc1ccccc1NC(=O)CN(C)CCC(=O)Nc1sc2c(c1C#N)CCCC2. The Morgan fingerprint density at radius 1 is 1.17 bits per heavy atom. The molecule has 2 aromatic rings. The van der Waals surface area contributed by atoms with Crippen LogP contribution in [0.2, 0.25) is 0 Å². The van der Waals surface area contributed by atoms with Crippen LogP contribution in [-0.4, -0.2) is 36.9 Å². The van der Waals surface area contributed by atoms with Crippen molar-refractivity contribution in [3.63, 3.8) is 0 Å². The average Bonchev–Trinajstić information content (AvgIpc) is 3.09. The van der Waals surface area contributed by atoms with E-state index < -0.39 is 0 Å². The van der Waals surface area contributed by atoms with Crippen molar-refractivity contribution in [1.29, 1.82) is 5.26 Å². The van der Waals surface area contributed by atoms with Crippen LogP contribution >= 0.6 is 11.3 Å². The molecule has 1 aliphatic carbocycles. The zero-order valence-electron chi connectivity index (χ0n) is 17.6. The first kappa shape index (κ1) is 22.0. The van der Waals surface area contributed by atoms with Crippen LogP contribution < -0.4 is 10.6 Å². The van der Waals surface area contributed by atoms with Crippen molar-refractivity contribution in [2.75, 3.05) is 30.8 Å². The summed E-state index contributed by atoms with van der Waals surface area (Å²) < 4.78 is 0. The third kappa shape index (κ3) is 5.47. The summed E-state index contributed by atoms with van der Waals surface area (Å²) >= 11 is 1.53. The minimum Gasteiger partial charge on any atom is -0.325 e. The minimum absolute atomic E-state index is 0.100. The molecule has 1 aromatic heterocycles. The van der Waals surface area contributed by atoms with Crippen molar-refractivity contribution < 1.29 is 9.59 Å². The van der Waals surface area contributed by atoms with E-state index in [1.807, 2.05) is 36.2 Å². The van der Waals surface area contributed by atoms with Gasteiger partial charge in [0.15, 0.2) is 0 Å². The molecule has 2 amide bonds. The lowest BCUT2D eigenvalue weighted by molar-refractivity contribution is -0.119. The van der Waals surface area contributed by atoms with Crippen LogP contribution in [0.15, 0.2) is 24.3 Å². The van der Waals surface area contributed by atoms with Crippen LogP contribution in [0.3, 0.4) is 0 Å². The van der Waals surface area contributed by atoms with Gasteiger partial charge in [0.2, 0.25) is 11.8 Å². The number of carbonyl (C=O) groups excluding carboxylic acids is 2. The third-order valence-electron chi connectivity index (χ3n) is 5.34. The molecule has 1 heterocycles. The molecule has 0 atom stereocenters. The second-order valence-corrected chi connectivity index (χ2v) is 8.73.